The molecule has 3 nitrogen and oxygen atoms in total. The maximum atomic E-state index is 4.44. The molecule has 0 aliphatic carbocycles. The predicted molar refractivity (Wildman–Crippen MR) is 74.2 cm³/mol. The molecule has 2 rings (SSSR count). The standard InChI is InChI=1S/C13H14BrN3/c1-8-6-10(7-9(2)12(8)14)13-16-5-4-11(15-3)17-13/h4-7H,1-3H3,(H,15,16,17). The van der Waals surface area contributed by atoms with E-state index in [4.69, 9.17) is 0 Å². The molecule has 1 N–H and O–H groups in total. The molecule has 0 radical (unpaired) electrons. The zero-order valence-corrected chi connectivity index (χ0v) is 11.7. The number of anilines is 1. The van der Waals surface area contributed by atoms with Crippen LogP contribution in [0.25, 0.3) is 11.4 Å². The van der Waals surface area contributed by atoms with E-state index in [1.165, 1.54) is 11.1 Å². The summed E-state index contributed by atoms with van der Waals surface area (Å²) in [7, 11) is 1.85. The van der Waals surface area contributed by atoms with Gasteiger partial charge in [-0.25, -0.2) is 9.97 Å². The molecule has 0 unspecified atom stereocenters. The third-order valence-corrected chi connectivity index (χ3v) is 3.86. The van der Waals surface area contributed by atoms with Crippen molar-refractivity contribution in [2.75, 3.05) is 12.4 Å². The number of hydrogen-bond acceptors (Lipinski definition) is 3. The van der Waals surface area contributed by atoms with Gasteiger partial charge in [-0.15, -0.1) is 0 Å². The quantitative estimate of drug-likeness (QED) is 0.919. The van der Waals surface area contributed by atoms with E-state index in [2.05, 4.69) is 57.2 Å². The second-order valence-electron chi connectivity index (χ2n) is 3.94. The first-order valence-electron chi connectivity index (χ1n) is 5.39. The molecule has 1 aromatic carbocycles. The summed E-state index contributed by atoms with van der Waals surface area (Å²) in [5, 5.41) is 3.02. The Morgan fingerprint density at radius 2 is 1.82 bits per heavy atom. The van der Waals surface area contributed by atoms with Gasteiger partial charge < -0.3 is 5.32 Å². The molecule has 1 aromatic heterocycles. The first-order chi connectivity index (χ1) is 8.11. The van der Waals surface area contributed by atoms with Gasteiger partial charge >= 0.3 is 0 Å². The van der Waals surface area contributed by atoms with E-state index < -0.39 is 0 Å². The molecule has 4 heteroatoms. The smallest absolute Gasteiger partial charge is 0.161 e. The van der Waals surface area contributed by atoms with E-state index in [-0.39, 0.29) is 0 Å². The lowest BCUT2D eigenvalue weighted by atomic mass is 10.1. The number of benzene rings is 1. The van der Waals surface area contributed by atoms with Crippen LogP contribution < -0.4 is 5.32 Å². The molecule has 0 saturated carbocycles. The highest BCUT2D eigenvalue weighted by molar-refractivity contribution is 9.10. The van der Waals surface area contributed by atoms with Gasteiger partial charge in [0.2, 0.25) is 0 Å². The van der Waals surface area contributed by atoms with Gasteiger partial charge in [0.15, 0.2) is 5.82 Å². The molecular formula is C13H14BrN3. The SMILES string of the molecule is CNc1ccnc(-c2cc(C)c(Br)c(C)c2)n1. The summed E-state index contributed by atoms with van der Waals surface area (Å²) in [6.07, 6.45) is 1.76. The molecule has 0 aliphatic heterocycles. The Bertz CT molecular complexity index is 529. The van der Waals surface area contributed by atoms with E-state index in [0.29, 0.717) is 0 Å². The number of nitrogens with one attached hydrogen (secondary N) is 1. The summed E-state index contributed by atoms with van der Waals surface area (Å²) in [6, 6.07) is 6.03. The van der Waals surface area contributed by atoms with Crippen LogP contribution in [-0.4, -0.2) is 17.0 Å². The van der Waals surface area contributed by atoms with E-state index in [0.717, 1.165) is 21.7 Å². The number of rotatable bonds is 2. The minimum absolute atomic E-state index is 0.746. The van der Waals surface area contributed by atoms with Gasteiger partial charge in [-0.3, -0.25) is 0 Å². The number of aryl methyl sites for hydroxylation is 2. The molecule has 0 aliphatic rings. The lowest BCUT2D eigenvalue weighted by Crippen LogP contribution is -1.96. The minimum Gasteiger partial charge on any atom is -0.373 e. The van der Waals surface area contributed by atoms with Crippen LogP contribution in [0, 0.1) is 13.8 Å². The summed E-state index contributed by atoms with van der Waals surface area (Å²) in [5.41, 5.74) is 3.43. The van der Waals surface area contributed by atoms with Crippen molar-refractivity contribution in [3.05, 3.63) is 40.0 Å². The van der Waals surface area contributed by atoms with Crippen LogP contribution in [-0.2, 0) is 0 Å². The Labute approximate surface area is 109 Å². The Balaban J connectivity index is 2.52. The van der Waals surface area contributed by atoms with Gasteiger partial charge in [-0.2, -0.15) is 0 Å². The fourth-order valence-electron chi connectivity index (χ4n) is 1.71. The normalized spacial score (nSPS) is 10.4. The van der Waals surface area contributed by atoms with Crippen molar-refractivity contribution in [2.45, 2.75) is 13.8 Å². The number of nitrogens with zero attached hydrogens (tertiary/aromatic N) is 2. The van der Waals surface area contributed by atoms with Crippen LogP contribution >= 0.6 is 15.9 Å². The molecule has 2 aromatic rings. The molecular weight excluding hydrogens is 278 g/mol. The number of aromatic nitrogens is 2. The number of halogens is 1. The second-order valence-corrected chi connectivity index (χ2v) is 4.73. The fraction of sp³-hybridized carbons (Fsp3) is 0.231. The minimum atomic E-state index is 0.746. The van der Waals surface area contributed by atoms with Crippen LogP contribution in [0.5, 0.6) is 0 Å². The van der Waals surface area contributed by atoms with E-state index in [1.54, 1.807) is 6.20 Å². The third kappa shape index (κ3) is 2.47. The van der Waals surface area contributed by atoms with Gasteiger partial charge in [0.25, 0.3) is 0 Å². The van der Waals surface area contributed by atoms with Crippen LogP contribution in [0.1, 0.15) is 11.1 Å². The molecule has 0 amide bonds. The highest BCUT2D eigenvalue weighted by atomic mass is 79.9. The van der Waals surface area contributed by atoms with Crippen molar-refractivity contribution in [1.29, 1.82) is 0 Å². The van der Waals surface area contributed by atoms with Gasteiger partial charge in [0.05, 0.1) is 0 Å². The van der Waals surface area contributed by atoms with Crippen molar-refractivity contribution >= 4 is 21.7 Å². The molecule has 0 spiro atoms. The average Bonchev–Trinajstić information content (AvgIpc) is 2.35. The summed E-state index contributed by atoms with van der Waals surface area (Å²) < 4.78 is 1.14. The van der Waals surface area contributed by atoms with Crippen molar-refractivity contribution < 1.29 is 0 Å². The molecule has 0 bridgehead atoms. The zero-order chi connectivity index (χ0) is 12.4. The zero-order valence-electron chi connectivity index (χ0n) is 10.1. The Morgan fingerprint density at radius 1 is 1.18 bits per heavy atom. The first kappa shape index (κ1) is 12.0. The number of hydrogen-bond donors (Lipinski definition) is 1. The predicted octanol–water partition coefficient (Wildman–Crippen LogP) is 3.56. The molecule has 17 heavy (non-hydrogen) atoms. The van der Waals surface area contributed by atoms with Crippen molar-refractivity contribution in [1.82, 2.24) is 9.97 Å². The third-order valence-electron chi connectivity index (χ3n) is 2.61. The molecule has 0 saturated heterocycles. The van der Waals surface area contributed by atoms with E-state index >= 15 is 0 Å². The summed E-state index contributed by atoms with van der Waals surface area (Å²) in [6.45, 7) is 4.14. The van der Waals surface area contributed by atoms with Crippen molar-refractivity contribution in [3.63, 3.8) is 0 Å². The first-order valence-corrected chi connectivity index (χ1v) is 6.19. The monoisotopic (exact) mass is 291 g/mol. The van der Waals surface area contributed by atoms with Gasteiger partial charge in [0.1, 0.15) is 5.82 Å². The summed E-state index contributed by atoms with van der Waals surface area (Å²) >= 11 is 3.56. The van der Waals surface area contributed by atoms with Crippen LogP contribution in [0.4, 0.5) is 5.82 Å². The topological polar surface area (TPSA) is 37.8 Å². The highest BCUT2D eigenvalue weighted by Crippen LogP contribution is 2.27. The van der Waals surface area contributed by atoms with Gasteiger partial charge in [-0.05, 0) is 43.2 Å². The molecule has 0 atom stereocenters. The van der Waals surface area contributed by atoms with Crippen LogP contribution in [0.15, 0.2) is 28.9 Å². The Kier molecular flexibility index (Phi) is 3.43. The van der Waals surface area contributed by atoms with Crippen molar-refractivity contribution in [3.8, 4) is 11.4 Å². The highest BCUT2D eigenvalue weighted by Gasteiger charge is 2.06. The largest absolute Gasteiger partial charge is 0.373 e. The lowest BCUT2D eigenvalue weighted by Gasteiger charge is -2.08. The second kappa shape index (κ2) is 4.84. The van der Waals surface area contributed by atoms with Gasteiger partial charge in [0, 0.05) is 23.3 Å². The maximum absolute atomic E-state index is 4.44. The summed E-state index contributed by atoms with van der Waals surface area (Å²) in [5.74, 6) is 1.57. The molecule has 0 fully saturated rings. The molecule has 1 heterocycles. The van der Waals surface area contributed by atoms with Crippen LogP contribution in [0.2, 0.25) is 0 Å². The average molecular weight is 292 g/mol. The van der Waals surface area contributed by atoms with E-state index in [1.807, 2.05) is 13.1 Å². The maximum Gasteiger partial charge on any atom is 0.161 e. The van der Waals surface area contributed by atoms with E-state index in [9.17, 15) is 0 Å². The summed E-state index contributed by atoms with van der Waals surface area (Å²) in [4.78, 5) is 8.74. The molecule has 88 valence electrons. The Morgan fingerprint density at radius 3 is 2.41 bits per heavy atom. The fourth-order valence-corrected chi connectivity index (χ4v) is 1.94. The lowest BCUT2D eigenvalue weighted by molar-refractivity contribution is 1.16. The Hall–Kier alpha value is -1.42. The van der Waals surface area contributed by atoms with Crippen LogP contribution in [0.3, 0.4) is 0 Å². The van der Waals surface area contributed by atoms with Gasteiger partial charge in [-0.1, -0.05) is 15.9 Å². The van der Waals surface area contributed by atoms with Crippen molar-refractivity contribution in [2.24, 2.45) is 0 Å².